The van der Waals surface area contributed by atoms with Crippen LogP contribution in [0.5, 0.6) is 23.0 Å². The van der Waals surface area contributed by atoms with Gasteiger partial charge in [-0.05, 0) is 98.8 Å². The Kier molecular flexibility index (Phi) is 10.4. The zero-order valence-electron chi connectivity index (χ0n) is 44.8. The van der Waals surface area contributed by atoms with E-state index in [2.05, 4.69) is 170 Å². The van der Waals surface area contributed by atoms with Gasteiger partial charge in [0.15, 0.2) is 0 Å². The van der Waals surface area contributed by atoms with Gasteiger partial charge in [0.05, 0.1) is 16.9 Å². The smallest absolute Gasteiger partial charge is 0.241 e. The minimum Gasteiger partial charge on any atom is -0.503 e. The van der Waals surface area contributed by atoms with Crippen LogP contribution in [0.15, 0.2) is 121 Å². The van der Waals surface area contributed by atoms with Gasteiger partial charge in [-0.3, -0.25) is 4.98 Å². The molecular formula is C58H58BIrN3O2-2. The Bertz CT molecular complexity index is 3190. The van der Waals surface area contributed by atoms with Crippen molar-refractivity contribution in [1.82, 2.24) is 14.5 Å². The van der Waals surface area contributed by atoms with E-state index in [-0.39, 0.29) is 48.8 Å². The monoisotopic (exact) mass is 1040 g/mol. The summed E-state index contributed by atoms with van der Waals surface area (Å²) in [6, 6.07) is 44.8. The summed E-state index contributed by atoms with van der Waals surface area (Å²) >= 11 is 0. The second kappa shape index (κ2) is 17.6. The predicted octanol–water partition coefficient (Wildman–Crippen LogP) is 13.2. The van der Waals surface area contributed by atoms with Crippen molar-refractivity contribution in [2.24, 2.45) is 0 Å². The number of aromatic nitrogens is 3. The Morgan fingerprint density at radius 2 is 1.28 bits per heavy atom. The van der Waals surface area contributed by atoms with Gasteiger partial charge in [-0.1, -0.05) is 131 Å². The first-order valence-corrected chi connectivity index (χ1v) is 22.2. The molecule has 4 heterocycles. The second-order valence-corrected chi connectivity index (χ2v) is 19.7. The Morgan fingerprint density at radius 3 is 1.89 bits per heavy atom. The maximum Gasteiger partial charge on any atom is 0.241 e. The molecule has 65 heavy (non-hydrogen) atoms. The van der Waals surface area contributed by atoms with E-state index in [0.717, 1.165) is 61.8 Å². The molecule has 0 N–H and O–H groups in total. The van der Waals surface area contributed by atoms with Crippen molar-refractivity contribution in [3.63, 3.8) is 0 Å². The zero-order valence-corrected chi connectivity index (χ0v) is 41.2. The molecule has 7 heteroatoms. The van der Waals surface area contributed by atoms with Crippen LogP contribution in [0, 0.1) is 25.8 Å². The molecule has 331 valence electrons. The average Bonchev–Trinajstić information content (AvgIpc) is 3.69. The normalized spacial score (nSPS) is 14.4. The Labute approximate surface area is 408 Å². The molecule has 6 aromatic carbocycles. The number of ether oxygens (including phenoxy) is 2. The van der Waals surface area contributed by atoms with Crippen molar-refractivity contribution in [2.45, 2.75) is 106 Å². The fourth-order valence-electron chi connectivity index (χ4n) is 8.81. The van der Waals surface area contributed by atoms with E-state index >= 15 is 0 Å². The fraction of sp³-hybridized carbons (Fsp3) is 0.276. The number of hydrogen-bond acceptors (Lipinski definition) is 4. The SMILES string of the molecule is CC(C)c1cccc(C(C)C)c1-n1c(-c2[c-]cc3c(c2)B2c4ccc(C(C)(C)C)cc4Oc4cc(C(C)(C)C)cc(c42)O3)nc2ccccc21.[2H]C([2H])([2H])c1c[c-]c(-c2ccc(C([2H])([2H])[2H])cn2)cc1.[Ir]. The second-order valence-electron chi connectivity index (χ2n) is 19.7. The topological polar surface area (TPSA) is 49.2 Å². The Morgan fingerprint density at radius 1 is 0.631 bits per heavy atom. The summed E-state index contributed by atoms with van der Waals surface area (Å²) in [5.41, 5.74) is 14.1. The van der Waals surface area contributed by atoms with E-state index in [4.69, 9.17) is 22.7 Å². The predicted molar refractivity (Wildman–Crippen MR) is 267 cm³/mol. The van der Waals surface area contributed by atoms with Gasteiger partial charge in [0, 0.05) is 51.4 Å². The molecule has 0 spiro atoms. The van der Waals surface area contributed by atoms with E-state index < -0.39 is 13.7 Å². The van der Waals surface area contributed by atoms with Crippen molar-refractivity contribution >= 4 is 34.1 Å². The van der Waals surface area contributed by atoms with Crippen molar-refractivity contribution in [3.8, 4) is 51.3 Å². The molecule has 0 fully saturated rings. The van der Waals surface area contributed by atoms with Gasteiger partial charge >= 0.3 is 0 Å². The standard InChI is InChI=1S/C45H46BN2O2.C13H12N.Ir/c1-26(2)31-14-13-15-32(27(3)4)42(31)48-36-17-12-11-16-35(36)47-43(48)28-18-21-37-34(22-28)46-33-20-19-29(44(5,6)7)23-38(33)50-40-25-30(45(8,9)10)24-39(49-37)41(40)46;1-10-3-6-12(7-4-10)13-8-5-11(2)9-14-13;/h11-17,19-27H,1-10H3;3-6,8-9H,1-2H3;/q2*-1;/i;1D3,2D3;. The summed E-state index contributed by atoms with van der Waals surface area (Å²) < 4.78 is 59.6. The Hall–Kier alpha value is -5.75. The molecule has 0 atom stereocenters. The maximum atomic E-state index is 7.28. The van der Waals surface area contributed by atoms with Crippen LogP contribution in [0.2, 0.25) is 0 Å². The maximum absolute atomic E-state index is 7.28. The van der Waals surface area contributed by atoms with E-state index in [0.29, 0.717) is 23.1 Å². The Balaban J connectivity index is 0.000000271. The number of rotatable bonds is 5. The molecule has 8 aromatic rings. The third-order valence-corrected chi connectivity index (χ3v) is 12.4. The van der Waals surface area contributed by atoms with Gasteiger partial charge in [-0.2, -0.15) is 0 Å². The molecule has 10 rings (SSSR count). The van der Waals surface area contributed by atoms with Crippen LogP contribution in [0.1, 0.15) is 123 Å². The van der Waals surface area contributed by atoms with Crippen LogP contribution in [0.4, 0.5) is 0 Å². The van der Waals surface area contributed by atoms with Crippen LogP contribution in [-0.4, -0.2) is 21.2 Å². The van der Waals surface area contributed by atoms with E-state index in [1.165, 1.54) is 52.3 Å². The first-order chi connectivity index (χ1) is 32.9. The number of pyridine rings is 1. The number of hydrogen-bond donors (Lipinski definition) is 0. The molecule has 0 amide bonds. The van der Waals surface area contributed by atoms with Gasteiger partial charge in [0.1, 0.15) is 17.2 Å². The number of imidazole rings is 1. The molecule has 1 radical (unpaired) electrons. The summed E-state index contributed by atoms with van der Waals surface area (Å²) in [5, 5.41) is 0. The van der Waals surface area contributed by atoms with Crippen molar-refractivity contribution in [3.05, 3.63) is 167 Å². The van der Waals surface area contributed by atoms with Gasteiger partial charge in [-0.15, -0.1) is 64.6 Å². The van der Waals surface area contributed by atoms with Gasteiger partial charge in [0.2, 0.25) is 6.71 Å². The molecule has 0 saturated carbocycles. The third kappa shape index (κ3) is 8.74. The largest absolute Gasteiger partial charge is 0.503 e. The summed E-state index contributed by atoms with van der Waals surface area (Å²) in [7, 11) is 0. The molecule has 2 aromatic heterocycles. The molecule has 5 nitrogen and oxygen atoms in total. The number of aryl methyl sites for hydroxylation is 2. The van der Waals surface area contributed by atoms with E-state index in [9.17, 15) is 0 Å². The number of nitrogens with zero attached hydrogens (tertiary/aromatic N) is 3. The number of para-hydroxylation sites is 3. The minimum absolute atomic E-state index is 0. The van der Waals surface area contributed by atoms with E-state index in [1.807, 2.05) is 6.07 Å². The first-order valence-electron chi connectivity index (χ1n) is 25.2. The molecule has 0 unspecified atom stereocenters. The molecule has 2 aliphatic heterocycles. The molecule has 2 aliphatic rings. The molecule has 0 aliphatic carbocycles. The number of benzene rings is 6. The van der Waals surface area contributed by atoms with Gasteiger partial charge < -0.3 is 19.0 Å². The summed E-state index contributed by atoms with van der Waals surface area (Å²) in [6.45, 7) is 18.2. The summed E-state index contributed by atoms with van der Waals surface area (Å²) in [4.78, 5) is 9.40. The van der Waals surface area contributed by atoms with Gasteiger partial charge in [0.25, 0.3) is 0 Å². The average molecular weight is 1040 g/mol. The third-order valence-electron chi connectivity index (χ3n) is 12.4. The van der Waals surface area contributed by atoms with Crippen LogP contribution >= 0.6 is 0 Å². The number of fused-ring (bicyclic) bond motifs is 5. The van der Waals surface area contributed by atoms with E-state index in [1.54, 1.807) is 12.1 Å². The quantitative estimate of drug-likeness (QED) is 0.127. The molecule has 0 saturated heterocycles. The summed E-state index contributed by atoms with van der Waals surface area (Å²) in [6.07, 6.45) is 1.30. The minimum atomic E-state index is -2.18. The van der Waals surface area contributed by atoms with Crippen molar-refractivity contribution < 1.29 is 37.8 Å². The fourth-order valence-corrected chi connectivity index (χ4v) is 8.81. The molecular weight excluding hydrogens is 974 g/mol. The van der Waals surface area contributed by atoms with Crippen LogP contribution < -0.4 is 25.9 Å². The van der Waals surface area contributed by atoms with Crippen LogP contribution in [0.3, 0.4) is 0 Å². The molecule has 0 bridgehead atoms. The zero-order chi connectivity index (χ0) is 50.2. The summed E-state index contributed by atoms with van der Waals surface area (Å²) in [5.74, 6) is 5.02. The van der Waals surface area contributed by atoms with Gasteiger partial charge in [-0.25, -0.2) is 0 Å². The van der Waals surface area contributed by atoms with Crippen LogP contribution in [0.25, 0.3) is 39.4 Å². The van der Waals surface area contributed by atoms with Crippen LogP contribution in [-0.2, 0) is 30.9 Å². The first kappa shape index (κ1) is 38.5. The van der Waals surface area contributed by atoms with Crippen molar-refractivity contribution in [1.29, 1.82) is 0 Å². The van der Waals surface area contributed by atoms with Crippen molar-refractivity contribution in [2.75, 3.05) is 0 Å².